The second kappa shape index (κ2) is 8.10. The lowest BCUT2D eigenvalue weighted by Gasteiger charge is -2.13. The number of alkyl halides is 3. The zero-order chi connectivity index (χ0) is 20.2. The monoisotopic (exact) mass is 377 g/mol. The van der Waals surface area contributed by atoms with E-state index >= 15 is 0 Å². The van der Waals surface area contributed by atoms with Gasteiger partial charge in [-0.25, -0.2) is 0 Å². The van der Waals surface area contributed by atoms with Crippen LogP contribution in [0, 0.1) is 25.2 Å². The molecule has 2 N–H and O–H groups in total. The molecule has 1 aromatic carbocycles. The Morgan fingerprint density at radius 2 is 2.04 bits per heavy atom. The van der Waals surface area contributed by atoms with Gasteiger partial charge in [0.25, 0.3) is 5.91 Å². The van der Waals surface area contributed by atoms with Gasteiger partial charge >= 0.3 is 6.18 Å². The van der Waals surface area contributed by atoms with Crippen molar-refractivity contribution in [1.29, 1.82) is 5.26 Å². The van der Waals surface area contributed by atoms with Gasteiger partial charge in [0, 0.05) is 23.6 Å². The number of aromatic nitrogens is 1. The van der Waals surface area contributed by atoms with Crippen LogP contribution in [0.4, 0.5) is 13.2 Å². The standard InChI is InChI=1S/C19H18F3N3O2/c1-12-8-14(9-15(11-23)18(27)24-6-7-26)13(2)25(12)17-5-3-4-16(10-17)19(20,21)22/h3-5,8-10,26H,6-7H2,1-2H3,(H,24,27). The van der Waals surface area contributed by atoms with Crippen molar-refractivity contribution >= 4 is 12.0 Å². The first kappa shape index (κ1) is 20.3. The van der Waals surface area contributed by atoms with E-state index in [0.29, 0.717) is 22.6 Å². The highest BCUT2D eigenvalue weighted by Gasteiger charge is 2.30. The lowest BCUT2D eigenvalue weighted by atomic mass is 10.1. The molecule has 0 aliphatic carbocycles. The topological polar surface area (TPSA) is 78.1 Å². The Morgan fingerprint density at radius 3 is 2.63 bits per heavy atom. The summed E-state index contributed by atoms with van der Waals surface area (Å²) < 4.78 is 40.6. The average molecular weight is 377 g/mol. The number of aliphatic hydroxyl groups excluding tert-OH is 1. The number of carbonyl (C=O) groups is 1. The fraction of sp³-hybridized carbons (Fsp3) is 0.263. The Labute approximate surface area is 154 Å². The number of hydrogen-bond donors (Lipinski definition) is 2. The van der Waals surface area contributed by atoms with Crippen molar-refractivity contribution in [2.45, 2.75) is 20.0 Å². The second-order valence-electron chi connectivity index (χ2n) is 5.86. The van der Waals surface area contributed by atoms with Gasteiger partial charge < -0.3 is 15.0 Å². The second-order valence-corrected chi connectivity index (χ2v) is 5.86. The Hall–Kier alpha value is -3.05. The van der Waals surface area contributed by atoms with Crippen LogP contribution in [0.1, 0.15) is 22.5 Å². The molecule has 2 rings (SSSR count). The van der Waals surface area contributed by atoms with Crippen LogP contribution in [0.15, 0.2) is 35.9 Å². The summed E-state index contributed by atoms with van der Waals surface area (Å²) >= 11 is 0. The van der Waals surface area contributed by atoms with E-state index in [0.717, 1.165) is 12.1 Å². The van der Waals surface area contributed by atoms with Crippen LogP contribution in [-0.4, -0.2) is 28.7 Å². The van der Waals surface area contributed by atoms with Crippen LogP contribution in [-0.2, 0) is 11.0 Å². The molecule has 8 heteroatoms. The summed E-state index contributed by atoms with van der Waals surface area (Å²) in [6.07, 6.45) is -3.08. The molecule has 0 saturated heterocycles. The van der Waals surface area contributed by atoms with Crippen LogP contribution in [0.25, 0.3) is 11.8 Å². The van der Waals surface area contributed by atoms with Gasteiger partial charge in [0.15, 0.2) is 0 Å². The third kappa shape index (κ3) is 4.57. The molecule has 0 aliphatic rings. The molecule has 0 radical (unpaired) electrons. The van der Waals surface area contributed by atoms with Crippen LogP contribution in [0.3, 0.4) is 0 Å². The molecule has 142 valence electrons. The smallest absolute Gasteiger partial charge is 0.395 e. The SMILES string of the molecule is Cc1cc(C=C(C#N)C(=O)NCCO)c(C)n1-c1cccc(C(F)(F)F)c1. The first-order valence-electron chi connectivity index (χ1n) is 8.06. The Morgan fingerprint density at radius 1 is 1.33 bits per heavy atom. The summed E-state index contributed by atoms with van der Waals surface area (Å²) in [4.78, 5) is 11.9. The molecule has 0 unspecified atom stereocenters. The van der Waals surface area contributed by atoms with Crippen LogP contribution < -0.4 is 5.32 Å². The highest BCUT2D eigenvalue weighted by molar-refractivity contribution is 6.01. The van der Waals surface area contributed by atoms with Crippen molar-refractivity contribution in [3.05, 3.63) is 58.4 Å². The summed E-state index contributed by atoms with van der Waals surface area (Å²) in [6.45, 7) is 3.18. The number of hydrogen-bond acceptors (Lipinski definition) is 3. The summed E-state index contributed by atoms with van der Waals surface area (Å²) in [7, 11) is 0. The van der Waals surface area contributed by atoms with Crippen LogP contribution >= 0.6 is 0 Å². The lowest BCUT2D eigenvalue weighted by molar-refractivity contribution is -0.137. The minimum Gasteiger partial charge on any atom is -0.395 e. The van der Waals surface area contributed by atoms with E-state index in [2.05, 4.69) is 5.32 Å². The quantitative estimate of drug-likeness (QED) is 0.621. The molecule has 0 atom stereocenters. The largest absolute Gasteiger partial charge is 0.416 e. The van der Waals surface area contributed by atoms with E-state index in [4.69, 9.17) is 5.11 Å². The number of aliphatic hydroxyl groups is 1. The molecule has 0 fully saturated rings. The van der Waals surface area contributed by atoms with E-state index in [1.54, 1.807) is 36.6 Å². The maximum absolute atomic E-state index is 13.0. The van der Waals surface area contributed by atoms with Gasteiger partial charge in [0.05, 0.1) is 12.2 Å². The molecular weight excluding hydrogens is 359 g/mol. The first-order chi connectivity index (χ1) is 12.7. The molecule has 1 aromatic heterocycles. The molecular formula is C19H18F3N3O2. The van der Waals surface area contributed by atoms with Gasteiger partial charge in [-0.15, -0.1) is 0 Å². The van der Waals surface area contributed by atoms with E-state index in [1.807, 2.05) is 0 Å². The number of halogens is 3. The predicted molar refractivity (Wildman–Crippen MR) is 93.9 cm³/mol. The molecule has 2 aromatic rings. The molecule has 5 nitrogen and oxygen atoms in total. The molecule has 0 spiro atoms. The minimum atomic E-state index is -4.45. The Bertz CT molecular complexity index is 921. The normalized spacial score (nSPS) is 12.0. The van der Waals surface area contributed by atoms with E-state index in [-0.39, 0.29) is 18.7 Å². The number of carbonyl (C=O) groups excluding carboxylic acids is 1. The molecule has 0 bridgehead atoms. The lowest BCUT2D eigenvalue weighted by Crippen LogP contribution is -2.27. The van der Waals surface area contributed by atoms with Gasteiger partial charge in [-0.2, -0.15) is 18.4 Å². The fourth-order valence-electron chi connectivity index (χ4n) is 2.72. The number of rotatable bonds is 5. The average Bonchev–Trinajstić information content (AvgIpc) is 2.90. The van der Waals surface area contributed by atoms with E-state index in [1.165, 1.54) is 12.1 Å². The van der Waals surface area contributed by atoms with Crippen molar-refractivity contribution in [2.75, 3.05) is 13.2 Å². The molecule has 1 heterocycles. The van der Waals surface area contributed by atoms with Gasteiger partial charge in [-0.1, -0.05) is 6.07 Å². The van der Waals surface area contributed by atoms with Crippen molar-refractivity contribution in [1.82, 2.24) is 9.88 Å². The third-order valence-corrected chi connectivity index (χ3v) is 3.96. The number of nitrogens with one attached hydrogen (secondary N) is 1. The number of aryl methyl sites for hydroxylation is 1. The maximum atomic E-state index is 13.0. The van der Waals surface area contributed by atoms with Crippen LogP contribution in [0.2, 0.25) is 0 Å². The minimum absolute atomic E-state index is 0.0150. The third-order valence-electron chi connectivity index (χ3n) is 3.96. The molecule has 1 amide bonds. The predicted octanol–water partition coefficient (Wildman–Crippen LogP) is 3.13. The number of benzene rings is 1. The van der Waals surface area contributed by atoms with Crippen molar-refractivity contribution in [3.8, 4) is 11.8 Å². The number of nitriles is 1. The summed E-state index contributed by atoms with van der Waals surface area (Å²) in [5.74, 6) is -0.629. The fourth-order valence-corrected chi connectivity index (χ4v) is 2.72. The summed E-state index contributed by atoms with van der Waals surface area (Å²) in [5, 5.41) is 20.3. The highest BCUT2D eigenvalue weighted by Crippen LogP contribution is 2.31. The zero-order valence-corrected chi connectivity index (χ0v) is 14.8. The molecule has 27 heavy (non-hydrogen) atoms. The zero-order valence-electron chi connectivity index (χ0n) is 14.8. The maximum Gasteiger partial charge on any atom is 0.416 e. The molecule has 0 saturated carbocycles. The highest BCUT2D eigenvalue weighted by atomic mass is 19.4. The summed E-state index contributed by atoms with van der Waals surface area (Å²) in [5.41, 5.74) is 1.21. The van der Waals surface area contributed by atoms with Crippen LogP contribution in [0.5, 0.6) is 0 Å². The Kier molecular flexibility index (Phi) is 6.08. The number of nitrogens with zero attached hydrogens (tertiary/aromatic N) is 2. The molecule has 0 aliphatic heterocycles. The first-order valence-corrected chi connectivity index (χ1v) is 8.06. The van der Waals surface area contributed by atoms with Crippen molar-refractivity contribution in [2.24, 2.45) is 0 Å². The van der Waals surface area contributed by atoms with Gasteiger partial charge in [-0.3, -0.25) is 4.79 Å². The number of amides is 1. The van der Waals surface area contributed by atoms with Gasteiger partial charge in [-0.05, 0) is 49.8 Å². The Balaban J connectivity index is 2.47. The van der Waals surface area contributed by atoms with Crippen molar-refractivity contribution in [3.63, 3.8) is 0 Å². The van der Waals surface area contributed by atoms with E-state index in [9.17, 15) is 23.2 Å². The summed E-state index contributed by atoms with van der Waals surface area (Å²) in [6, 6.07) is 8.41. The van der Waals surface area contributed by atoms with Gasteiger partial charge in [0.2, 0.25) is 0 Å². The van der Waals surface area contributed by atoms with Crippen molar-refractivity contribution < 1.29 is 23.1 Å². The van der Waals surface area contributed by atoms with E-state index < -0.39 is 17.6 Å². The van der Waals surface area contributed by atoms with Gasteiger partial charge in [0.1, 0.15) is 11.6 Å².